The molecule has 2 aromatic rings. The van der Waals surface area contributed by atoms with Crippen LogP contribution in [0.3, 0.4) is 0 Å². The van der Waals surface area contributed by atoms with Crippen molar-refractivity contribution in [1.29, 1.82) is 0 Å². The van der Waals surface area contributed by atoms with Crippen molar-refractivity contribution in [1.82, 2.24) is 0 Å². The number of hydrogen-bond acceptors (Lipinski definition) is 4. The van der Waals surface area contributed by atoms with Crippen molar-refractivity contribution in [3.8, 4) is 22.6 Å². The summed E-state index contributed by atoms with van der Waals surface area (Å²) in [6.07, 6.45) is 4.03. The van der Waals surface area contributed by atoms with Gasteiger partial charge in [0.05, 0.1) is 13.2 Å². The van der Waals surface area contributed by atoms with E-state index in [0.717, 1.165) is 5.56 Å². The van der Waals surface area contributed by atoms with E-state index < -0.39 is 0 Å². The van der Waals surface area contributed by atoms with Crippen LogP contribution in [0.25, 0.3) is 17.2 Å². The molecule has 0 bridgehead atoms. The first-order valence-corrected chi connectivity index (χ1v) is 7.65. The third-order valence-electron chi connectivity index (χ3n) is 3.85. The van der Waals surface area contributed by atoms with Gasteiger partial charge in [-0.05, 0) is 17.5 Å². The first-order valence-electron chi connectivity index (χ1n) is 7.65. The minimum Gasteiger partial charge on any atom is -0.508 e. The summed E-state index contributed by atoms with van der Waals surface area (Å²) < 4.78 is 0. The van der Waals surface area contributed by atoms with Crippen molar-refractivity contribution in [2.45, 2.75) is 13.3 Å². The number of phenolic OH excluding ortho intramolecular Hbond substituents is 2. The summed E-state index contributed by atoms with van der Waals surface area (Å²) in [5, 5.41) is 38.9. The minimum absolute atomic E-state index is 0.00454. The molecule has 0 saturated carbocycles. The van der Waals surface area contributed by atoms with Gasteiger partial charge < -0.3 is 20.4 Å². The summed E-state index contributed by atoms with van der Waals surface area (Å²) in [5.41, 5.74) is 2.88. The summed E-state index contributed by atoms with van der Waals surface area (Å²) in [5.74, 6) is -0.350. The zero-order valence-electron chi connectivity index (χ0n) is 13.1. The van der Waals surface area contributed by atoms with E-state index in [2.05, 4.69) is 0 Å². The van der Waals surface area contributed by atoms with Crippen molar-refractivity contribution in [3.63, 3.8) is 0 Å². The standard InChI is InChI=1S/C19H22O4/c1-2-15-16(9-8-13(11-20)12-21)19(18(23)10-17(15)22)14-6-4-3-5-7-14/h3-10,13,20-23H,2,11-12H2,1H3. The molecule has 4 N–H and O–H groups in total. The second-order valence-electron chi connectivity index (χ2n) is 5.39. The molecule has 0 aliphatic rings. The first-order chi connectivity index (χ1) is 11.1. The first kappa shape index (κ1) is 17.1. The number of aliphatic hydroxyl groups is 2. The Hall–Kier alpha value is -2.30. The molecular formula is C19H22O4. The third kappa shape index (κ3) is 3.73. The van der Waals surface area contributed by atoms with Crippen molar-refractivity contribution in [2.24, 2.45) is 5.92 Å². The molecule has 2 rings (SSSR count). The highest BCUT2D eigenvalue weighted by molar-refractivity contribution is 5.83. The van der Waals surface area contributed by atoms with Crippen LogP contribution in [0.15, 0.2) is 42.5 Å². The SMILES string of the molecule is CCc1c(O)cc(O)c(-c2ccccc2)c1C=CC(CO)CO. The van der Waals surface area contributed by atoms with Gasteiger partial charge in [0.2, 0.25) is 0 Å². The Morgan fingerprint density at radius 1 is 1.00 bits per heavy atom. The molecule has 0 saturated heterocycles. The second-order valence-corrected chi connectivity index (χ2v) is 5.39. The lowest BCUT2D eigenvalue weighted by molar-refractivity contribution is 0.178. The van der Waals surface area contributed by atoms with Crippen LogP contribution in [0.5, 0.6) is 11.5 Å². The molecule has 4 nitrogen and oxygen atoms in total. The highest BCUT2D eigenvalue weighted by Gasteiger charge is 2.16. The topological polar surface area (TPSA) is 80.9 Å². The van der Waals surface area contributed by atoms with Crippen molar-refractivity contribution < 1.29 is 20.4 Å². The average Bonchev–Trinajstić information content (AvgIpc) is 2.56. The fraction of sp³-hybridized carbons (Fsp3) is 0.263. The Labute approximate surface area is 136 Å². The molecule has 0 heterocycles. The van der Waals surface area contributed by atoms with E-state index in [1.807, 2.05) is 37.3 Å². The van der Waals surface area contributed by atoms with Crippen LogP contribution in [0.2, 0.25) is 0 Å². The number of benzene rings is 2. The Morgan fingerprint density at radius 2 is 1.65 bits per heavy atom. The van der Waals surface area contributed by atoms with Gasteiger partial charge in [-0.25, -0.2) is 0 Å². The molecule has 23 heavy (non-hydrogen) atoms. The van der Waals surface area contributed by atoms with Gasteiger partial charge in [0.25, 0.3) is 0 Å². The predicted molar refractivity (Wildman–Crippen MR) is 91.3 cm³/mol. The van der Waals surface area contributed by atoms with Crippen LogP contribution >= 0.6 is 0 Å². The third-order valence-corrected chi connectivity index (χ3v) is 3.85. The maximum atomic E-state index is 10.3. The lowest BCUT2D eigenvalue weighted by atomic mass is 9.91. The molecule has 0 atom stereocenters. The lowest BCUT2D eigenvalue weighted by Gasteiger charge is -2.16. The Kier molecular flexibility index (Phi) is 5.79. The van der Waals surface area contributed by atoms with E-state index in [1.165, 1.54) is 6.07 Å². The quantitative estimate of drug-likeness (QED) is 0.661. The van der Waals surface area contributed by atoms with Crippen LogP contribution < -0.4 is 0 Å². The molecule has 0 aliphatic carbocycles. The Balaban J connectivity index is 2.65. The zero-order valence-corrected chi connectivity index (χ0v) is 13.1. The van der Waals surface area contributed by atoms with Gasteiger partial charge in [-0.15, -0.1) is 0 Å². The lowest BCUT2D eigenvalue weighted by Crippen LogP contribution is -2.07. The Morgan fingerprint density at radius 3 is 2.22 bits per heavy atom. The van der Waals surface area contributed by atoms with Gasteiger partial charge in [-0.2, -0.15) is 0 Å². The van der Waals surface area contributed by atoms with Gasteiger partial charge in [-0.1, -0.05) is 49.4 Å². The highest BCUT2D eigenvalue weighted by Crippen LogP contribution is 2.40. The molecular weight excluding hydrogens is 292 g/mol. The molecule has 4 heteroatoms. The van der Waals surface area contributed by atoms with E-state index >= 15 is 0 Å². The summed E-state index contributed by atoms with van der Waals surface area (Å²) >= 11 is 0. The Bertz CT molecular complexity index is 674. The van der Waals surface area contributed by atoms with Crippen molar-refractivity contribution in [2.75, 3.05) is 13.2 Å². The summed E-state index contributed by atoms with van der Waals surface area (Å²) in [6.45, 7) is 1.59. The maximum Gasteiger partial charge on any atom is 0.127 e. The zero-order chi connectivity index (χ0) is 16.8. The molecule has 0 aliphatic heterocycles. The predicted octanol–water partition coefficient (Wildman–Crippen LogP) is 2.94. The summed E-state index contributed by atoms with van der Waals surface area (Å²) in [4.78, 5) is 0. The normalized spacial score (nSPS) is 11.5. The van der Waals surface area contributed by atoms with Crippen LogP contribution in [0.1, 0.15) is 18.1 Å². The van der Waals surface area contributed by atoms with Crippen LogP contribution in [-0.4, -0.2) is 33.6 Å². The molecule has 122 valence electrons. The second kappa shape index (κ2) is 7.81. The van der Waals surface area contributed by atoms with Crippen molar-refractivity contribution in [3.05, 3.63) is 53.6 Å². The number of aliphatic hydroxyl groups excluding tert-OH is 2. The van der Waals surface area contributed by atoms with E-state index in [4.69, 9.17) is 0 Å². The number of phenols is 2. The van der Waals surface area contributed by atoms with Crippen LogP contribution in [0, 0.1) is 5.92 Å². The highest BCUT2D eigenvalue weighted by atomic mass is 16.3. The monoisotopic (exact) mass is 314 g/mol. The molecule has 2 aromatic carbocycles. The minimum atomic E-state index is -0.382. The summed E-state index contributed by atoms with van der Waals surface area (Å²) in [6, 6.07) is 10.8. The fourth-order valence-corrected chi connectivity index (χ4v) is 2.59. The maximum absolute atomic E-state index is 10.3. The smallest absolute Gasteiger partial charge is 0.127 e. The molecule has 0 fully saturated rings. The number of hydrogen-bond donors (Lipinski definition) is 4. The van der Waals surface area contributed by atoms with E-state index in [1.54, 1.807) is 12.2 Å². The van der Waals surface area contributed by atoms with Gasteiger partial charge in [0, 0.05) is 23.1 Å². The van der Waals surface area contributed by atoms with Crippen molar-refractivity contribution >= 4 is 6.08 Å². The fourth-order valence-electron chi connectivity index (χ4n) is 2.59. The van der Waals surface area contributed by atoms with E-state index in [0.29, 0.717) is 23.1 Å². The van der Waals surface area contributed by atoms with E-state index in [9.17, 15) is 20.4 Å². The number of aromatic hydroxyl groups is 2. The van der Waals surface area contributed by atoms with Gasteiger partial charge in [0.15, 0.2) is 0 Å². The molecule has 0 spiro atoms. The average molecular weight is 314 g/mol. The van der Waals surface area contributed by atoms with Crippen LogP contribution in [-0.2, 0) is 6.42 Å². The van der Waals surface area contributed by atoms with Crippen LogP contribution in [0.4, 0.5) is 0 Å². The molecule has 0 amide bonds. The van der Waals surface area contributed by atoms with Gasteiger partial charge >= 0.3 is 0 Å². The van der Waals surface area contributed by atoms with E-state index in [-0.39, 0.29) is 30.6 Å². The van der Waals surface area contributed by atoms with Gasteiger partial charge in [0.1, 0.15) is 11.5 Å². The number of rotatable bonds is 6. The molecule has 0 unspecified atom stereocenters. The largest absolute Gasteiger partial charge is 0.508 e. The van der Waals surface area contributed by atoms with Gasteiger partial charge in [-0.3, -0.25) is 0 Å². The summed E-state index contributed by atoms with van der Waals surface area (Å²) in [7, 11) is 0. The molecule has 0 radical (unpaired) electrons. The molecule has 0 aromatic heterocycles.